The van der Waals surface area contributed by atoms with E-state index in [1.54, 1.807) is 36.1 Å². The zero-order chi connectivity index (χ0) is 10.8. The summed E-state index contributed by atoms with van der Waals surface area (Å²) in [7, 11) is 1.80. The van der Waals surface area contributed by atoms with Gasteiger partial charge in [-0.3, -0.25) is 4.79 Å². The molecule has 0 amide bonds. The molecule has 0 atom stereocenters. The van der Waals surface area contributed by atoms with Crippen molar-refractivity contribution in [1.29, 1.82) is 0 Å². The normalized spacial score (nSPS) is 10.3. The van der Waals surface area contributed by atoms with Gasteiger partial charge in [0.1, 0.15) is 0 Å². The molecule has 0 N–H and O–H groups in total. The van der Waals surface area contributed by atoms with Crippen LogP contribution >= 0.6 is 15.9 Å². The van der Waals surface area contributed by atoms with Crippen molar-refractivity contribution in [2.45, 2.75) is 0 Å². The van der Waals surface area contributed by atoms with E-state index in [9.17, 15) is 4.79 Å². The first-order valence-electron chi connectivity index (χ1n) is 4.46. The quantitative estimate of drug-likeness (QED) is 0.781. The Bertz CT molecular complexity index is 488. The smallest absolute Gasteiger partial charge is 0.228 e. The second-order valence-electron chi connectivity index (χ2n) is 3.20. The number of halogens is 1. The van der Waals surface area contributed by atoms with Gasteiger partial charge in [-0.05, 0) is 24.3 Å². The van der Waals surface area contributed by atoms with Gasteiger partial charge in [0.15, 0.2) is 5.82 Å². The molecule has 1 aromatic carbocycles. The van der Waals surface area contributed by atoms with E-state index in [0.29, 0.717) is 11.4 Å². The van der Waals surface area contributed by atoms with Gasteiger partial charge in [-0.25, -0.2) is 4.98 Å². The van der Waals surface area contributed by atoms with Gasteiger partial charge in [0.05, 0.1) is 0 Å². The molecule has 0 radical (unpaired) electrons. The Morgan fingerprint density at radius 3 is 2.53 bits per heavy atom. The Labute approximate surface area is 95.9 Å². The monoisotopic (exact) mass is 264 g/mol. The molecule has 0 aliphatic heterocycles. The number of hydrogen-bond donors (Lipinski definition) is 0. The highest BCUT2D eigenvalue weighted by Gasteiger charge is 2.12. The molecule has 3 nitrogen and oxygen atoms in total. The van der Waals surface area contributed by atoms with E-state index in [-0.39, 0.29) is 5.78 Å². The summed E-state index contributed by atoms with van der Waals surface area (Å²) in [4.78, 5) is 16.0. The Morgan fingerprint density at radius 2 is 2.00 bits per heavy atom. The van der Waals surface area contributed by atoms with Crippen LogP contribution in [0.2, 0.25) is 0 Å². The van der Waals surface area contributed by atoms with Crippen molar-refractivity contribution in [2.24, 2.45) is 7.05 Å². The van der Waals surface area contributed by atoms with Gasteiger partial charge in [-0.15, -0.1) is 0 Å². The van der Waals surface area contributed by atoms with Crippen LogP contribution in [0.3, 0.4) is 0 Å². The summed E-state index contributed by atoms with van der Waals surface area (Å²) in [5.74, 6) is 0.396. The lowest BCUT2D eigenvalue weighted by molar-refractivity contribution is 0.102. The van der Waals surface area contributed by atoms with Gasteiger partial charge < -0.3 is 4.57 Å². The van der Waals surface area contributed by atoms with E-state index < -0.39 is 0 Å². The number of aryl methyl sites for hydroxylation is 1. The fourth-order valence-electron chi connectivity index (χ4n) is 1.31. The summed E-state index contributed by atoms with van der Waals surface area (Å²) >= 11 is 3.33. The number of aromatic nitrogens is 2. The first-order valence-corrected chi connectivity index (χ1v) is 5.25. The van der Waals surface area contributed by atoms with E-state index in [0.717, 1.165) is 4.47 Å². The molecule has 0 fully saturated rings. The first kappa shape index (κ1) is 10.1. The number of carbonyl (C=O) groups excluding carboxylic acids is 1. The predicted octanol–water partition coefficient (Wildman–Crippen LogP) is 2.41. The lowest BCUT2D eigenvalue weighted by Crippen LogP contribution is -2.08. The molecule has 0 bridgehead atoms. The third-order valence-corrected chi connectivity index (χ3v) is 2.66. The van der Waals surface area contributed by atoms with Crippen LogP contribution in [0.25, 0.3) is 0 Å². The average Bonchev–Trinajstić information content (AvgIpc) is 2.65. The molecule has 1 heterocycles. The maximum absolute atomic E-state index is 11.9. The Morgan fingerprint density at radius 1 is 1.33 bits per heavy atom. The third-order valence-electron chi connectivity index (χ3n) is 2.13. The summed E-state index contributed by atoms with van der Waals surface area (Å²) in [6, 6.07) is 7.24. The maximum atomic E-state index is 11.9. The number of benzene rings is 1. The Hall–Kier alpha value is -1.42. The molecule has 4 heteroatoms. The zero-order valence-corrected chi connectivity index (χ0v) is 9.73. The second kappa shape index (κ2) is 3.98. The molecule has 2 rings (SSSR count). The van der Waals surface area contributed by atoms with Gasteiger partial charge >= 0.3 is 0 Å². The predicted molar refractivity (Wildman–Crippen MR) is 60.8 cm³/mol. The molecular formula is C11H9BrN2O. The Kier molecular flexibility index (Phi) is 2.68. The maximum Gasteiger partial charge on any atom is 0.228 e. The van der Waals surface area contributed by atoms with E-state index >= 15 is 0 Å². The summed E-state index contributed by atoms with van der Waals surface area (Å²) in [5, 5.41) is 0. The molecule has 0 aliphatic carbocycles. The average molecular weight is 265 g/mol. The van der Waals surface area contributed by atoms with Crippen LogP contribution < -0.4 is 0 Å². The Balaban J connectivity index is 2.37. The summed E-state index contributed by atoms with van der Waals surface area (Å²) in [6.45, 7) is 0. The number of rotatable bonds is 2. The molecule has 0 saturated heterocycles. The van der Waals surface area contributed by atoms with Crippen molar-refractivity contribution in [2.75, 3.05) is 0 Å². The van der Waals surface area contributed by atoms with Crippen LogP contribution in [0.4, 0.5) is 0 Å². The van der Waals surface area contributed by atoms with Crippen LogP contribution in [-0.4, -0.2) is 15.3 Å². The molecular weight excluding hydrogens is 256 g/mol. The third kappa shape index (κ3) is 1.99. The van der Waals surface area contributed by atoms with E-state index in [4.69, 9.17) is 0 Å². The molecule has 0 spiro atoms. The molecule has 15 heavy (non-hydrogen) atoms. The number of nitrogens with zero attached hydrogens (tertiary/aromatic N) is 2. The highest BCUT2D eigenvalue weighted by Crippen LogP contribution is 2.13. The lowest BCUT2D eigenvalue weighted by atomic mass is 10.1. The van der Waals surface area contributed by atoms with Crippen LogP contribution in [0.1, 0.15) is 16.2 Å². The SMILES string of the molecule is Cn1ccnc1C(=O)c1ccc(Br)cc1. The molecule has 0 saturated carbocycles. The number of ketones is 1. The number of hydrogen-bond acceptors (Lipinski definition) is 2. The van der Waals surface area contributed by atoms with Gasteiger partial charge in [0.25, 0.3) is 0 Å². The van der Waals surface area contributed by atoms with Crippen LogP contribution in [0.5, 0.6) is 0 Å². The van der Waals surface area contributed by atoms with E-state index in [2.05, 4.69) is 20.9 Å². The fraction of sp³-hybridized carbons (Fsp3) is 0.0909. The largest absolute Gasteiger partial charge is 0.331 e. The standard InChI is InChI=1S/C11H9BrN2O/c1-14-7-6-13-11(14)10(15)8-2-4-9(12)5-3-8/h2-7H,1H3. The van der Waals surface area contributed by atoms with E-state index in [1.807, 2.05) is 12.1 Å². The topological polar surface area (TPSA) is 34.9 Å². The van der Waals surface area contributed by atoms with Gasteiger partial charge in [-0.2, -0.15) is 0 Å². The minimum absolute atomic E-state index is 0.0602. The van der Waals surface area contributed by atoms with Crippen molar-refractivity contribution in [3.63, 3.8) is 0 Å². The molecule has 76 valence electrons. The number of carbonyl (C=O) groups is 1. The van der Waals surface area contributed by atoms with Crippen molar-refractivity contribution < 1.29 is 4.79 Å². The van der Waals surface area contributed by atoms with Crippen LogP contribution in [-0.2, 0) is 7.05 Å². The summed E-state index contributed by atoms with van der Waals surface area (Å²) in [6.07, 6.45) is 3.37. The molecule has 2 aromatic rings. The first-order chi connectivity index (χ1) is 7.18. The highest BCUT2D eigenvalue weighted by atomic mass is 79.9. The fourth-order valence-corrected chi connectivity index (χ4v) is 1.58. The minimum Gasteiger partial charge on any atom is -0.331 e. The van der Waals surface area contributed by atoms with Gasteiger partial charge in [0, 0.05) is 29.5 Å². The molecule has 0 aliphatic rings. The van der Waals surface area contributed by atoms with Crippen molar-refractivity contribution in [3.05, 3.63) is 52.5 Å². The highest BCUT2D eigenvalue weighted by molar-refractivity contribution is 9.10. The van der Waals surface area contributed by atoms with Crippen LogP contribution in [0, 0.1) is 0 Å². The van der Waals surface area contributed by atoms with Gasteiger partial charge in [-0.1, -0.05) is 15.9 Å². The van der Waals surface area contributed by atoms with Gasteiger partial charge in [0.2, 0.25) is 5.78 Å². The molecule has 0 unspecified atom stereocenters. The molecule has 1 aromatic heterocycles. The van der Waals surface area contributed by atoms with Crippen molar-refractivity contribution >= 4 is 21.7 Å². The zero-order valence-electron chi connectivity index (χ0n) is 8.14. The minimum atomic E-state index is -0.0602. The summed E-state index contributed by atoms with van der Waals surface area (Å²) in [5.41, 5.74) is 0.646. The van der Waals surface area contributed by atoms with Crippen molar-refractivity contribution in [1.82, 2.24) is 9.55 Å². The number of imidazole rings is 1. The van der Waals surface area contributed by atoms with E-state index in [1.165, 1.54) is 0 Å². The summed E-state index contributed by atoms with van der Waals surface area (Å²) < 4.78 is 2.67. The second-order valence-corrected chi connectivity index (χ2v) is 4.11. The van der Waals surface area contributed by atoms with Crippen LogP contribution in [0.15, 0.2) is 41.1 Å². The lowest BCUT2D eigenvalue weighted by Gasteiger charge is -2.00. The van der Waals surface area contributed by atoms with Crippen molar-refractivity contribution in [3.8, 4) is 0 Å².